The first kappa shape index (κ1) is 11.6. The molecule has 1 aromatic rings. The van der Waals surface area contributed by atoms with E-state index in [1.807, 2.05) is 0 Å². The maximum absolute atomic E-state index is 13.1. The van der Waals surface area contributed by atoms with Gasteiger partial charge in [-0.05, 0) is 19.1 Å². The van der Waals surface area contributed by atoms with Crippen LogP contribution in [0.25, 0.3) is 0 Å². The van der Waals surface area contributed by atoms with Gasteiger partial charge in [-0.3, -0.25) is 0 Å². The zero-order valence-corrected chi connectivity index (χ0v) is 8.00. The smallest absolute Gasteiger partial charge is 0.335 e. The number of hydrogen-bond donors (Lipinski definition) is 2. The number of hydrogen-bond acceptors (Lipinski definition) is 2. The summed E-state index contributed by atoms with van der Waals surface area (Å²) in [6.07, 6.45) is -0.610. The van der Waals surface area contributed by atoms with Crippen LogP contribution in [0.4, 0.5) is 8.78 Å². The van der Waals surface area contributed by atoms with E-state index in [0.29, 0.717) is 0 Å². The molecule has 0 radical (unpaired) electrons. The molecule has 3 nitrogen and oxygen atoms in total. The quantitative estimate of drug-likeness (QED) is 0.801. The predicted octanol–water partition coefficient (Wildman–Crippen LogP) is 1.34. The summed E-state index contributed by atoms with van der Waals surface area (Å²) in [7, 11) is 0. The van der Waals surface area contributed by atoms with E-state index >= 15 is 0 Å². The molecule has 0 aliphatic rings. The van der Waals surface area contributed by atoms with Crippen LogP contribution in [0.15, 0.2) is 18.2 Å². The SMILES string of the molecule is CC(O)(Cc1c(F)cccc1F)C(=O)O. The second kappa shape index (κ2) is 3.94. The lowest BCUT2D eigenvalue weighted by Gasteiger charge is -2.18. The number of aliphatic carboxylic acids is 1. The topological polar surface area (TPSA) is 57.5 Å². The standard InChI is InChI=1S/C10H10F2O3/c1-10(15,9(13)14)5-6-7(11)3-2-4-8(6)12/h2-4,15H,5H2,1H3,(H,13,14). The van der Waals surface area contributed by atoms with E-state index in [9.17, 15) is 18.7 Å². The minimum Gasteiger partial charge on any atom is -0.479 e. The van der Waals surface area contributed by atoms with Gasteiger partial charge in [-0.25, -0.2) is 13.6 Å². The van der Waals surface area contributed by atoms with Crippen LogP contribution in [-0.2, 0) is 11.2 Å². The summed E-state index contributed by atoms with van der Waals surface area (Å²) < 4.78 is 26.2. The van der Waals surface area contributed by atoms with Crippen LogP contribution in [-0.4, -0.2) is 21.8 Å². The summed E-state index contributed by atoms with van der Waals surface area (Å²) in [5.41, 5.74) is -2.60. The second-order valence-electron chi connectivity index (χ2n) is 3.46. The van der Waals surface area contributed by atoms with Gasteiger partial charge < -0.3 is 10.2 Å². The van der Waals surface area contributed by atoms with Crippen LogP contribution in [0.3, 0.4) is 0 Å². The van der Waals surface area contributed by atoms with Crippen LogP contribution >= 0.6 is 0 Å². The highest BCUT2D eigenvalue weighted by Crippen LogP contribution is 2.19. The fraction of sp³-hybridized carbons (Fsp3) is 0.300. The summed E-state index contributed by atoms with van der Waals surface area (Å²) in [4.78, 5) is 10.6. The fourth-order valence-electron chi connectivity index (χ4n) is 1.12. The Bertz CT molecular complexity index is 368. The van der Waals surface area contributed by atoms with Crippen molar-refractivity contribution in [2.24, 2.45) is 0 Å². The van der Waals surface area contributed by atoms with Crippen molar-refractivity contribution in [1.82, 2.24) is 0 Å². The van der Waals surface area contributed by atoms with Gasteiger partial charge in [0.05, 0.1) is 0 Å². The maximum Gasteiger partial charge on any atom is 0.335 e. The van der Waals surface area contributed by atoms with Crippen molar-refractivity contribution in [3.05, 3.63) is 35.4 Å². The average Bonchev–Trinajstić information content (AvgIpc) is 2.11. The molecule has 0 aliphatic heterocycles. The molecule has 1 aromatic carbocycles. The van der Waals surface area contributed by atoms with Crippen molar-refractivity contribution >= 4 is 5.97 Å². The van der Waals surface area contributed by atoms with E-state index in [-0.39, 0.29) is 0 Å². The molecule has 82 valence electrons. The number of halogens is 2. The second-order valence-corrected chi connectivity index (χ2v) is 3.46. The zero-order chi connectivity index (χ0) is 11.6. The van der Waals surface area contributed by atoms with Crippen LogP contribution in [0, 0.1) is 11.6 Å². The molecule has 1 unspecified atom stereocenters. The number of aliphatic hydroxyl groups is 1. The molecular formula is C10H10F2O3. The summed E-state index contributed by atoms with van der Waals surface area (Å²) in [6.45, 7) is 0.987. The fourth-order valence-corrected chi connectivity index (χ4v) is 1.12. The molecule has 1 rings (SSSR count). The number of carbonyl (C=O) groups is 1. The lowest BCUT2D eigenvalue weighted by atomic mass is 9.96. The molecule has 0 bridgehead atoms. The maximum atomic E-state index is 13.1. The summed E-state index contributed by atoms with van der Waals surface area (Å²) in [6, 6.07) is 3.19. The monoisotopic (exact) mass is 216 g/mol. The molecular weight excluding hydrogens is 206 g/mol. The van der Waals surface area contributed by atoms with Gasteiger partial charge >= 0.3 is 5.97 Å². The molecule has 2 N–H and O–H groups in total. The van der Waals surface area contributed by atoms with E-state index in [2.05, 4.69) is 0 Å². The third-order valence-electron chi connectivity index (χ3n) is 2.04. The van der Waals surface area contributed by atoms with Gasteiger partial charge in [-0.2, -0.15) is 0 Å². The largest absolute Gasteiger partial charge is 0.479 e. The van der Waals surface area contributed by atoms with Crippen molar-refractivity contribution in [1.29, 1.82) is 0 Å². The molecule has 0 aromatic heterocycles. The first-order chi connectivity index (χ1) is 6.84. The minimum absolute atomic E-state index is 0.426. The number of benzene rings is 1. The van der Waals surface area contributed by atoms with Crippen molar-refractivity contribution < 1.29 is 23.8 Å². The Morgan fingerprint density at radius 1 is 1.40 bits per heavy atom. The molecule has 0 spiro atoms. The lowest BCUT2D eigenvalue weighted by Crippen LogP contribution is -2.37. The van der Waals surface area contributed by atoms with Gasteiger partial charge in [0.25, 0.3) is 0 Å². The molecule has 0 saturated carbocycles. The van der Waals surface area contributed by atoms with Crippen molar-refractivity contribution in [2.45, 2.75) is 18.9 Å². The third-order valence-corrected chi connectivity index (χ3v) is 2.04. The van der Waals surface area contributed by atoms with Crippen LogP contribution in [0.5, 0.6) is 0 Å². The Labute approximate surface area is 85.0 Å². The van der Waals surface area contributed by atoms with Gasteiger partial charge in [0.15, 0.2) is 5.60 Å². The zero-order valence-electron chi connectivity index (χ0n) is 8.00. The highest BCUT2D eigenvalue weighted by molar-refractivity contribution is 5.76. The van der Waals surface area contributed by atoms with Gasteiger partial charge in [0.1, 0.15) is 11.6 Å². The first-order valence-corrected chi connectivity index (χ1v) is 4.23. The van der Waals surface area contributed by atoms with Crippen molar-refractivity contribution in [2.75, 3.05) is 0 Å². The van der Waals surface area contributed by atoms with E-state index in [1.165, 1.54) is 6.07 Å². The number of carboxylic acids is 1. The lowest BCUT2D eigenvalue weighted by molar-refractivity contribution is -0.156. The Morgan fingerprint density at radius 2 is 1.87 bits per heavy atom. The van der Waals surface area contributed by atoms with Crippen LogP contribution < -0.4 is 0 Å². The van der Waals surface area contributed by atoms with Gasteiger partial charge in [-0.1, -0.05) is 6.07 Å². The first-order valence-electron chi connectivity index (χ1n) is 4.23. The highest BCUT2D eigenvalue weighted by atomic mass is 19.1. The highest BCUT2D eigenvalue weighted by Gasteiger charge is 2.32. The number of carboxylic acid groups (broad SMARTS) is 1. The molecule has 0 aliphatic carbocycles. The molecule has 0 heterocycles. The molecule has 5 heteroatoms. The third kappa shape index (κ3) is 2.50. The van der Waals surface area contributed by atoms with E-state index < -0.39 is 35.2 Å². The Morgan fingerprint density at radius 3 is 2.27 bits per heavy atom. The Balaban J connectivity index is 3.04. The van der Waals surface area contributed by atoms with E-state index in [1.54, 1.807) is 0 Å². The summed E-state index contributed by atoms with van der Waals surface area (Å²) in [5, 5.41) is 18.0. The molecule has 0 fully saturated rings. The van der Waals surface area contributed by atoms with Gasteiger partial charge in [0.2, 0.25) is 0 Å². The molecule has 0 saturated heterocycles. The summed E-state index contributed by atoms with van der Waals surface area (Å²) >= 11 is 0. The van der Waals surface area contributed by atoms with Crippen molar-refractivity contribution in [3.63, 3.8) is 0 Å². The normalized spacial score (nSPS) is 14.7. The van der Waals surface area contributed by atoms with Crippen molar-refractivity contribution in [3.8, 4) is 0 Å². The summed E-state index contributed by atoms with van der Waals surface area (Å²) in [5.74, 6) is -3.25. The molecule has 0 amide bonds. The Hall–Kier alpha value is -1.49. The Kier molecular flexibility index (Phi) is 3.04. The number of rotatable bonds is 3. The van der Waals surface area contributed by atoms with Gasteiger partial charge in [0, 0.05) is 12.0 Å². The minimum atomic E-state index is -2.18. The van der Waals surface area contributed by atoms with E-state index in [0.717, 1.165) is 19.1 Å². The van der Waals surface area contributed by atoms with Crippen LogP contribution in [0.1, 0.15) is 12.5 Å². The van der Waals surface area contributed by atoms with E-state index in [4.69, 9.17) is 5.11 Å². The molecule has 15 heavy (non-hydrogen) atoms. The molecule has 1 atom stereocenters. The predicted molar refractivity (Wildman–Crippen MR) is 48.3 cm³/mol. The van der Waals surface area contributed by atoms with Gasteiger partial charge in [-0.15, -0.1) is 0 Å². The average molecular weight is 216 g/mol. The van der Waals surface area contributed by atoms with Crippen LogP contribution in [0.2, 0.25) is 0 Å².